The van der Waals surface area contributed by atoms with Gasteiger partial charge in [-0.2, -0.15) is 0 Å². The summed E-state index contributed by atoms with van der Waals surface area (Å²) < 4.78 is 22.3. The molecular formula is C35H54ClNO6. The van der Waals surface area contributed by atoms with Crippen LogP contribution in [0.4, 0.5) is 9.59 Å². The van der Waals surface area contributed by atoms with Gasteiger partial charge < -0.3 is 24.3 Å². The minimum Gasteiger partial charge on any atom is -0.434 e. The molecule has 43 heavy (non-hydrogen) atoms. The van der Waals surface area contributed by atoms with Crippen LogP contribution in [0.2, 0.25) is 5.02 Å². The molecule has 0 unspecified atom stereocenters. The first-order chi connectivity index (χ1) is 20.9. The number of unbranched alkanes of at least 4 members (excludes halogenated alkanes) is 14. The highest BCUT2D eigenvalue weighted by atomic mass is 35.5. The summed E-state index contributed by atoms with van der Waals surface area (Å²) in [5, 5.41) is 3.63. The summed E-state index contributed by atoms with van der Waals surface area (Å²) in [6, 6.07) is 7.23. The Kier molecular flexibility index (Phi) is 18.6. The van der Waals surface area contributed by atoms with Gasteiger partial charge in [-0.15, -0.1) is 0 Å². The maximum Gasteiger partial charge on any atom is 0.513 e. The van der Waals surface area contributed by atoms with Crippen molar-refractivity contribution in [3.63, 3.8) is 0 Å². The predicted molar refractivity (Wildman–Crippen MR) is 173 cm³/mol. The minimum atomic E-state index is -0.799. The van der Waals surface area contributed by atoms with E-state index >= 15 is 0 Å². The van der Waals surface area contributed by atoms with Crippen molar-refractivity contribution in [3.8, 4) is 0 Å². The van der Waals surface area contributed by atoms with E-state index in [1.54, 1.807) is 19.9 Å². The number of ether oxygens (including phenoxy) is 4. The second kappa shape index (κ2) is 21.9. The number of hydrogen-bond acceptors (Lipinski definition) is 7. The lowest BCUT2D eigenvalue weighted by molar-refractivity contribution is 0.0596. The van der Waals surface area contributed by atoms with Gasteiger partial charge in [-0.3, -0.25) is 0 Å². The second-order valence-electron chi connectivity index (χ2n) is 11.4. The zero-order valence-corrected chi connectivity index (χ0v) is 27.7. The average molecular weight is 620 g/mol. The van der Waals surface area contributed by atoms with Gasteiger partial charge in [0.15, 0.2) is 0 Å². The first-order valence-electron chi connectivity index (χ1n) is 16.5. The average Bonchev–Trinajstić information content (AvgIpc) is 2.98. The Morgan fingerprint density at radius 3 is 1.47 bits per heavy atom. The van der Waals surface area contributed by atoms with Crippen molar-refractivity contribution in [2.75, 3.05) is 13.2 Å². The van der Waals surface area contributed by atoms with Gasteiger partial charge in [0, 0.05) is 5.02 Å². The molecule has 1 aromatic carbocycles. The van der Waals surface area contributed by atoms with Gasteiger partial charge in [0.1, 0.15) is 17.4 Å². The number of nitrogens with one attached hydrogen (secondary N) is 1. The summed E-state index contributed by atoms with van der Waals surface area (Å²) >= 11 is 6.59. The van der Waals surface area contributed by atoms with Gasteiger partial charge in [-0.25, -0.2) is 9.59 Å². The quantitative estimate of drug-likeness (QED) is 0.108. The zero-order chi connectivity index (χ0) is 31.3. The van der Waals surface area contributed by atoms with E-state index in [1.807, 2.05) is 18.2 Å². The van der Waals surface area contributed by atoms with Crippen LogP contribution in [0.5, 0.6) is 0 Å². The van der Waals surface area contributed by atoms with E-state index in [9.17, 15) is 9.59 Å². The number of carbonyl (C=O) groups is 2. The maximum absolute atomic E-state index is 12.7. The third-order valence-electron chi connectivity index (χ3n) is 7.68. The molecule has 0 amide bonds. The Morgan fingerprint density at radius 2 is 1.05 bits per heavy atom. The highest BCUT2D eigenvalue weighted by Crippen LogP contribution is 2.42. The monoisotopic (exact) mass is 619 g/mol. The van der Waals surface area contributed by atoms with Crippen molar-refractivity contribution in [1.82, 2.24) is 5.32 Å². The smallest absolute Gasteiger partial charge is 0.434 e. The lowest BCUT2D eigenvalue weighted by Gasteiger charge is -2.30. The molecule has 1 aromatic rings. The zero-order valence-electron chi connectivity index (χ0n) is 26.9. The number of dihydropyridines is 1. The SMILES string of the molecule is CCCCCCCCCCOC(=O)OC1=C(C)NC(C)=C(OC(=O)OCCCCCCCCCC)C1c1ccccc1Cl. The van der Waals surface area contributed by atoms with E-state index in [1.165, 1.54) is 64.2 Å². The van der Waals surface area contributed by atoms with Gasteiger partial charge in [0.05, 0.1) is 24.6 Å². The van der Waals surface area contributed by atoms with E-state index in [2.05, 4.69) is 19.2 Å². The largest absolute Gasteiger partial charge is 0.513 e. The van der Waals surface area contributed by atoms with Gasteiger partial charge in [-0.05, 0) is 38.3 Å². The summed E-state index contributed by atoms with van der Waals surface area (Å²) in [5.41, 5.74) is 1.85. The lowest BCUT2D eigenvalue weighted by Crippen LogP contribution is -2.29. The molecule has 242 valence electrons. The second-order valence-corrected chi connectivity index (χ2v) is 11.8. The third kappa shape index (κ3) is 14.1. The van der Waals surface area contributed by atoms with Crippen molar-refractivity contribution in [2.45, 2.75) is 136 Å². The van der Waals surface area contributed by atoms with Crippen molar-refractivity contribution in [1.29, 1.82) is 0 Å². The topological polar surface area (TPSA) is 83.1 Å². The number of hydrogen-bond donors (Lipinski definition) is 1. The normalized spacial score (nSPS) is 13.6. The molecule has 0 saturated carbocycles. The van der Waals surface area contributed by atoms with Crippen molar-refractivity contribution >= 4 is 23.9 Å². The van der Waals surface area contributed by atoms with Crippen LogP contribution in [0.25, 0.3) is 0 Å². The summed E-state index contributed by atoms with van der Waals surface area (Å²) in [5.74, 6) is -0.197. The molecule has 0 spiro atoms. The Hall–Kier alpha value is -2.67. The van der Waals surface area contributed by atoms with Gasteiger partial charge in [0.25, 0.3) is 0 Å². The van der Waals surface area contributed by atoms with Crippen LogP contribution in [0.3, 0.4) is 0 Å². The van der Waals surface area contributed by atoms with Crippen molar-refractivity contribution in [2.24, 2.45) is 0 Å². The highest BCUT2D eigenvalue weighted by molar-refractivity contribution is 6.31. The summed E-state index contributed by atoms with van der Waals surface area (Å²) in [4.78, 5) is 25.5. The number of benzene rings is 1. The molecule has 0 saturated heterocycles. The van der Waals surface area contributed by atoms with Crippen LogP contribution in [-0.2, 0) is 18.9 Å². The number of rotatable bonds is 21. The molecule has 7 nitrogen and oxygen atoms in total. The molecule has 8 heteroatoms. The van der Waals surface area contributed by atoms with Gasteiger partial charge in [0.2, 0.25) is 0 Å². The molecule has 0 atom stereocenters. The maximum atomic E-state index is 12.7. The number of carbonyl (C=O) groups excluding carboxylic acids is 2. The minimum absolute atomic E-state index is 0.269. The molecule has 1 aliphatic heterocycles. The molecule has 1 N–H and O–H groups in total. The molecule has 0 fully saturated rings. The number of halogens is 1. The fourth-order valence-corrected chi connectivity index (χ4v) is 5.49. The molecular weight excluding hydrogens is 566 g/mol. The van der Waals surface area contributed by atoms with Gasteiger partial charge >= 0.3 is 12.3 Å². The Balaban J connectivity index is 1.95. The third-order valence-corrected chi connectivity index (χ3v) is 8.02. The molecule has 1 aliphatic rings. The molecule has 0 aromatic heterocycles. The highest BCUT2D eigenvalue weighted by Gasteiger charge is 2.36. The van der Waals surface area contributed by atoms with Crippen molar-refractivity contribution < 1.29 is 28.5 Å². The first-order valence-corrected chi connectivity index (χ1v) is 16.9. The van der Waals surface area contributed by atoms with Gasteiger partial charge in [-0.1, -0.05) is 134 Å². The first kappa shape index (κ1) is 36.5. The van der Waals surface area contributed by atoms with E-state index in [-0.39, 0.29) is 24.7 Å². The Labute approximate surface area is 264 Å². The molecule has 2 rings (SSSR count). The lowest BCUT2D eigenvalue weighted by atomic mass is 9.90. The summed E-state index contributed by atoms with van der Waals surface area (Å²) in [6.07, 6.45) is 16.8. The predicted octanol–water partition coefficient (Wildman–Crippen LogP) is 11.1. The van der Waals surface area contributed by atoms with Crippen LogP contribution >= 0.6 is 11.6 Å². The molecule has 0 bridgehead atoms. The Bertz CT molecular complexity index is 979. The summed E-state index contributed by atoms with van der Waals surface area (Å²) in [7, 11) is 0. The molecule has 0 aliphatic carbocycles. The van der Waals surface area contributed by atoms with Crippen molar-refractivity contribution in [3.05, 3.63) is 57.8 Å². The van der Waals surface area contributed by atoms with Crippen LogP contribution in [0, 0.1) is 0 Å². The van der Waals surface area contributed by atoms with Crippen LogP contribution in [0.15, 0.2) is 47.2 Å². The fraction of sp³-hybridized carbons (Fsp3) is 0.657. The molecule has 1 heterocycles. The van der Waals surface area contributed by atoms with Crippen LogP contribution in [-0.4, -0.2) is 25.5 Å². The molecule has 0 radical (unpaired) electrons. The standard InChI is InChI=1S/C35H54ClNO6/c1-5-7-9-11-13-15-17-21-25-40-34(38)42-32-27(3)37-28(4)33(31(32)29-23-19-20-24-30(29)36)43-35(39)41-26-22-18-16-14-12-10-8-6-2/h19-20,23-24,31,37H,5-18,21-22,25-26H2,1-4H3. The van der Waals surface area contributed by atoms with Crippen LogP contribution < -0.4 is 5.32 Å². The fourth-order valence-electron chi connectivity index (χ4n) is 5.24. The van der Waals surface area contributed by atoms with E-state index in [0.29, 0.717) is 22.0 Å². The van der Waals surface area contributed by atoms with E-state index < -0.39 is 18.2 Å². The van der Waals surface area contributed by atoms with Crippen LogP contribution in [0.1, 0.15) is 142 Å². The summed E-state index contributed by atoms with van der Waals surface area (Å²) in [6.45, 7) is 8.60. The number of allylic oxidation sites excluding steroid dienone is 2. The van der Waals surface area contributed by atoms with E-state index in [4.69, 9.17) is 30.5 Å². The Morgan fingerprint density at radius 1 is 0.651 bits per heavy atom. The van der Waals surface area contributed by atoms with E-state index in [0.717, 1.165) is 38.5 Å².